The van der Waals surface area contributed by atoms with Crippen LogP contribution in [-0.4, -0.2) is 42.3 Å². The molecule has 0 aliphatic rings. The standard InChI is InChI=1S/C76H96N2S2Si4/c1-45(2)81(46(3)4,47(5)6)33-29-57-37-61-62-38-58(30-34-82(48(7)8,49(9)10)50(11)12)42-66-71-27-28-72(80-71)68-44-60(32-36-84(54(19)20,55(21)22)56(23)24)40-64-63-39-59(31-35-83(51(13)14,52(15)16)53(17)18)43-67(75(63)78-76(64)68)70-26-25-69(79-70)65(41-57)73(61)77-74(62)66/h25-28,37-56H,1-24H3. The highest BCUT2D eigenvalue weighted by Gasteiger charge is 2.45. The Morgan fingerprint density at radius 2 is 0.405 bits per heavy atom. The summed E-state index contributed by atoms with van der Waals surface area (Å²) in [6.07, 6.45) is 0. The molecule has 9 rings (SSSR count). The lowest BCUT2D eigenvalue weighted by Gasteiger charge is -2.38. The summed E-state index contributed by atoms with van der Waals surface area (Å²) in [5.74, 6) is 15.8. The van der Waals surface area contributed by atoms with Crippen molar-refractivity contribution >= 4 is 139 Å². The largest absolute Gasteiger partial charge is 0.246 e. The molecule has 9 aromatic rings. The first-order chi connectivity index (χ1) is 39.5. The predicted molar refractivity (Wildman–Crippen MR) is 390 cm³/mol. The van der Waals surface area contributed by atoms with Gasteiger partial charge in [-0.1, -0.05) is 190 Å². The Kier molecular flexibility index (Phi) is 18.1. The molecule has 0 unspecified atom stereocenters. The smallest absolute Gasteiger partial charge is 0.146 e. The monoisotopic (exact) mass is 1210 g/mol. The molecule has 8 heteroatoms. The number of benzene rings is 4. The SMILES string of the molecule is CC(C)[Si](C#Cc1cc2c3ccc(s3)c3cc(C#C[Si](C(C)C)(C(C)C)C(C)C)cc4c5cc(C#C[Si](C(C)C)(C(C)C)C(C)C)cc(c6ccc(s6)c6cc(C#C[Si](C(C)C)(C(C)C)C(C)C)cc7c(c1)c2nc67)c5nc34)(C(C)C)C(C)C. The summed E-state index contributed by atoms with van der Waals surface area (Å²) in [7, 11) is -8.34. The summed E-state index contributed by atoms with van der Waals surface area (Å²) < 4.78 is 4.70. The van der Waals surface area contributed by atoms with Crippen LogP contribution in [0, 0.1) is 45.9 Å². The molecule has 0 aliphatic heterocycles. The molecule has 0 aliphatic carbocycles. The van der Waals surface area contributed by atoms with Crippen LogP contribution in [0.5, 0.6) is 0 Å². The van der Waals surface area contributed by atoms with E-state index in [2.05, 4.69) is 285 Å². The third kappa shape index (κ3) is 10.6. The van der Waals surface area contributed by atoms with Gasteiger partial charge in [0.05, 0.1) is 22.1 Å². The third-order valence-electron chi connectivity index (χ3n) is 20.9. The van der Waals surface area contributed by atoms with Crippen LogP contribution in [0.25, 0.3) is 84.0 Å². The van der Waals surface area contributed by atoms with Gasteiger partial charge in [0, 0.05) is 84.1 Å². The van der Waals surface area contributed by atoms with Crippen LogP contribution in [0.2, 0.25) is 66.5 Å². The van der Waals surface area contributed by atoms with Gasteiger partial charge in [0.1, 0.15) is 32.3 Å². The molecule has 5 aromatic heterocycles. The van der Waals surface area contributed by atoms with Crippen LogP contribution in [0.3, 0.4) is 0 Å². The van der Waals surface area contributed by atoms with Crippen LogP contribution >= 0.6 is 22.7 Å². The Morgan fingerprint density at radius 1 is 0.250 bits per heavy atom. The van der Waals surface area contributed by atoms with Gasteiger partial charge in [0.15, 0.2) is 0 Å². The molecule has 8 bridgehead atoms. The van der Waals surface area contributed by atoms with Crippen molar-refractivity contribution < 1.29 is 0 Å². The normalized spacial score (nSPS) is 13.2. The maximum Gasteiger partial charge on any atom is 0.146 e. The van der Waals surface area contributed by atoms with Crippen molar-refractivity contribution in [3.05, 3.63) is 95.1 Å². The predicted octanol–water partition coefficient (Wildman–Crippen LogP) is 24.1. The van der Waals surface area contributed by atoms with E-state index in [1.54, 1.807) is 0 Å². The lowest BCUT2D eigenvalue weighted by atomic mass is 10.0. The van der Waals surface area contributed by atoms with E-state index in [9.17, 15) is 0 Å². The van der Waals surface area contributed by atoms with Crippen LogP contribution in [0.1, 0.15) is 188 Å². The minimum Gasteiger partial charge on any atom is -0.246 e. The zero-order valence-corrected chi connectivity index (χ0v) is 61.2. The van der Waals surface area contributed by atoms with Crippen molar-refractivity contribution in [3.63, 3.8) is 0 Å². The second-order valence-corrected chi connectivity index (χ2v) is 53.3. The highest BCUT2D eigenvalue weighted by atomic mass is 32.1. The molecule has 0 saturated carbocycles. The molecular weight excluding hydrogens is 1120 g/mol. The van der Waals surface area contributed by atoms with E-state index in [0.29, 0.717) is 66.5 Å². The van der Waals surface area contributed by atoms with Gasteiger partial charge in [-0.05, 0) is 139 Å². The Morgan fingerprint density at radius 3 is 0.560 bits per heavy atom. The zero-order valence-electron chi connectivity index (χ0n) is 55.6. The van der Waals surface area contributed by atoms with Crippen molar-refractivity contribution in [3.8, 4) is 45.9 Å². The summed E-state index contributed by atoms with van der Waals surface area (Å²) >= 11 is 3.69. The van der Waals surface area contributed by atoms with Gasteiger partial charge in [0.25, 0.3) is 0 Å². The molecule has 0 saturated heterocycles. The van der Waals surface area contributed by atoms with E-state index in [1.807, 2.05) is 22.7 Å². The van der Waals surface area contributed by atoms with Gasteiger partial charge < -0.3 is 0 Å². The number of hydrogen-bond donors (Lipinski definition) is 0. The summed E-state index contributed by atoms with van der Waals surface area (Å²) in [4.78, 5) is 11.7. The van der Waals surface area contributed by atoms with E-state index >= 15 is 0 Å². The van der Waals surface area contributed by atoms with Crippen molar-refractivity contribution in [2.45, 2.75) is 233 Å². The lowest BCUT2D eigenvalue weighted by molar-refractivity contribution is 0.838. The third-order valence-corrected chi connectivity index (χ3v) is 48.4. The van der Waals surface area contributed by atoms with E-state index in [0.717, 1.165) is 87.4 Å². The van der Waals surface area contributed by atoms with E-state index in [4.69, 9.17) is 9.97 Å². The Bertz CT molecular complexity index is 3670. The lowest BCUT2D eigenvalue weighted by Crippen LogP contribution is -2.43. The number of hydrogen-bond acceptors (Lipinski definition) is 4. The van der Waals surface area contributed by atoms with Crippen LogP contribution < -0.4 is 0 Å². The van der Waals surface area contributed by atoms with E-state index < -0.39 is 32.3 Å². The van der Waals surface area contributed by atoms with Gasteiger partial charge in [-0.2, -0.15) is 0 Å². The zero-order chi connectivity index (χ0) is 61.4. The summed E-state index contributed by atoms with van der Waals surface area (Å²) in [5.41, 5.74) is 31.0. The number of nitrogens with zero attached hydrogens (tertiary/aromatic N) is 2. The van der Waals surface area contributed by atoms with Gasteiger partial charge >= 0.3 is 0 Å². The summed E-state index contributed by atoms with van der Waals surface area (Å²) in [5, 5.41) is 9.08. The Balaban J connectivity index is 1.52. The molecule has 4 aromatic carbocycles. The maximum absolute atomic E-state index is 5.83. The van der Waals surface area contributed by atoms with Crippen LogP contribution in [-0.2, 0) is 0 Å². The average molecular weight is 1210 g/mol. The molecule has 0 fully saturated rings. The van der Waals surface area contributed by atoms with Crippen LogP contribution in [0.4, 0.5) is 0 Å². The number of aromatic nitrogens is 2. The van der Waals surface area contributed by atoms with E-state index in [-0.39, 0.29) is 0 Å². The highest BCUT2D eigenvalue weighted by molar-refractivity contribution is 7.25. The fraction of sp³-hybridized carbons (Fsp3) is 0.474. The summed E-state index contributed by atoms with van der Waals surface area (Å²) in [6, 6.07) is 28.3. The molecule has 438 valence electrons. The molecule has 84 heavy (non-hydrogen) atoms. The molecule has 0 N–H and O–H groups in total. The first-order valence-corrected chi connectivity index (χ1v) is 42.5. The first-order valence-electron chi connectivity index (χ1n) is 32.0. The molecule has 5 heterocycles. The van der Waals surface area contributed by atoms with Crippen molar-refractivity contribution in [1.82, 2.24) is 9.97 Å². The second kappa shape index (κ2) is 23.9. The maximum atomic E-state index is 5.83. The summed E-state index contributed by atoms with van der Waals surface area (Å²) in [6.45, 7) is 57.9. The molecule has 0 atom stereocenters. The van der Waals surface area contributed by atoms with Gasteiger partial charge in [-0.15, -0.1) is 44.8 Å². The van der Waals surface area contributed by atoms with Crippen LogP contribution in [0.15, 0.2) is 72.8 Å². The van der Waals surface area contributed by atoms with Gasteiger partial charge in [-0.3, -0.25) is 0 Å². The van der Waals surface area contributed by atoms with Crippen molar-refractivity contribution in [2.24, 2.45) is 0 Å². The Labute approximate surface area is 518 Å². The second-order valence-electron chi connectivity index (χ2n) is 28.8. The number of thiophene rings is 2. The van der Waals surface area contributed by atoms with Crippen molar-refractivity contribution in [2.75, 3.05) is 0 Å². The highest BCUT2D eigenvalue weighted by Crippen LogP contribution is 2.47. The fourth-order valence-electron chi connectivity index (χ4n) is 16.8. The van der Waals surface area contributed by atoms with E-state index in [1.165, 1.54) is 18.8 Å². The molecule has 0 amide bonds. The van der Waals surface area contributed by atoms with Gasteiger partial charge in [-0.25, -0.2) is 9.97 Å². The average Bonchev–Trinajstić information content (AvgIpc) is 1.74. The molecule has 2 nitrogen and oxygen atoms in total. The van der Waals surface area contributed by atoms with Gasteiger partial charge in [0.2, 0.25) is 0 Å². The molecule has 0 spiro atoms. The quantitative estimate of drug-likeness (QED) is 0.0900. The first kappa shape index (κ1) is 63.5. The molecule has 0 radical (unpaired) electrons. The Hall–Kier alpha value is -5.01. The minimum atomic E-state index is -2.08. The topological polar surface area (TPSA) is 25.8 Å². The molecular formula is C76H96N2S2Si4. The number of fused-ring (bicyclic) bond motifs is 10. The fourth-order valence-corrected chi connectivity index (χ4v) is 39.8. The number of rotatable bonds is 12. The minimum absolute atomic E-state index is 0.518. The van der Waals surface area contributed by atoms with Crippen molar-refractivity contribution in [1.29, 1.82) is 0 Å².